The number of amides is 9. The third kappa shape index (κ3) is 31.3. The molecule has 1 saturated heterocycles. The number of carbonyl (C=O) groups excluding carboxylic acids is 13. The van der Waals surface area contributed by atoms with Crippen molar-refractivity contribution in [2.24, 2.45) is 0 Å². The second-order valence-electron chi connectivity index (χ2n) is 33.2. The Bertz CT molecular complexity index is 5970. The summed E-state index contributed by atoms with van der Waals surface area (Å²) in [7, 11) is 1.29. The Hall–Kier alpha value is -16.4. The van der Waals surface area contributed by atoms with Crippen LogP contribution in [0.25, 0.3) is 0 Å². The summed E-state index contributed by atoms with van der Waals surface area (Å²) in [6.07, 6.45) is -6.88. The van der Waals surface area contributed by atoms with Crippen LogP contribution in [-0.2, 0) is 108 Å². The van der Waals surface area contributed by atoms with Crippen LogP contribution in [-0.4, -0.2) is 202 Å². The number of aliphatic hydroxyl groups is 3. The van der Waals surface area contributed by atoms with Crippen LogP contribution in [0.4, 0.5) is 45.8 Å². The van der Waals surface area contributed by atoms with Crippen LogP contribution in [0.3, 0.4) is 0 Å². The maximum absolute atomic E-state index is 14.1. The van der Waals surface area contributed by atoms with E-state index in [4.69, 9.17) is 47.4 Å². The van der Waals surface area contributed by atoms with Gasteiger partial charge in [0, 0.05) is 85.4 Å². The smallest absolute Gasteiger partial charge is 0.507 e. The number of rotatable bonds is 44. The molecule has 14 N–H and O–H groups in total. The van der Waals surface area contributed by atoms with E-state index in [1.807, 2.05) is 42.5 Å². The van der Waals surface area contributed by atoms with Gasteiger partial charge in [0.25, 0.3) is 5.69 Å². The number of hydrogen-bond acceptors (Lipinski definition) is 30. The van der Waals surface area contributed by atoms with Crippen molar-refractivity contribution in [2.45, 2.75) is 164 Å². The van der Waals surface area contributed by atoms with E-state index in [2.05, 4.69) is 61.0 Å². The highest BCUT2D eigenvalue weighted by molar-refractivity contribution is 6.31. The molecular formula is C103H110N10O30. The Balaban J connectivity index is 0.000000297. The van der Waals surface area contributed by atoms with Crippen molar-refractivity contribution in [1.82, 2.24) is 37.2 Å². The SMILES string of the molecule is C=CCOC(=O)NCCCCC(NC(=O)[C@H](Cc1ccccc1)NC(=O)OCc1ccccc1)C(=O)Nc1ccc(COC(=O)NC2CC(OC3C[C@](O)(C(=O)CO)Cc4c(O)c5c(c(O)c43)C(=O)c3c(OC)cccc3C5=O)OC(C)C2O)cc1.C=CCOC(=O)NCCCCC(NC(=O)[C@H](Cc1ccccc1)NC(=O)OCc1ccccc1)C(=O)Nc1ccc(COC(=O)Oc2ccc([N+](=O)[O-])cc2)cc1. The molecule has 9 aromatic carbocycles. The number of unbranched alkanes of at least 4 members (excludes halogenated alkanes) is 2. The number of fused-ring (bicyclic) bond motifs is 3. The topological polar surface area (TPSA) is 567 Å². The van der Waals surface area contributed by atoms with Gasteiger partial charge in [-0.2, -0.15) is 0 Å². The first-order valence-corrected chi connectivity index (χ1v) is 45.6. The lowest BCUT2D eigenvalue weighted by molar-refractivity contribution is -0.384. The summed E-state index contributed by atoms with van der Waals surface area (Å²) < 4.78 is 53.9. The van der Waals surface area contributed by atoms with Gasteiger partial charge in [0.1, 0.15) is 105 Å². The number of ketones is 3. The van der Waals surface area contributed by atoms with E-state index < -0.39 is 185 Å². The molecular weight excluding hydrogens is 1860 g/mol. The molecule has 143 heavy (non-hydrogen) atoms. The van der Waals surface area contributed by atoms with E-state index >= 15 is 0 Å². The minimum absolute atomic E-state index is 0.0102. The first-order valence-electron chi connectivity index (χ1n) is 45.6. The summed E-state index contributed by atoms with van der Waals surface area (Å²) >= 11 is 0. The van der Waals surface area contributed by atoms with Crippen molar-refractivity contribution in [3.8, 4) is 23.0 Å². The number of phenols is 2. The highest BCUT2D eigenvalue weighted by Crippen LogP contribution is 2.53. The number of carbonyl (C=O) groups is 13. The number of alkyl carbamates (subject to hydrolysis) is 5. The molecule has 1 heterocycles. The molecule has 2 aliphatic carbocycles. The quantitative estimate of drug-likeness (QED) is 0.00246. The number of nitro groups is 1. The average Bonchev–Trinajstić information content (AvgIpc) is 0.708. The van der Waals surface area contributed by atoms with E-state index in [1.165, 1.54) is 80.8 Å². The third-order valence-corrected chi connectivity index (χ3v) is 23.0. The van der Waals surface area contributed by atoms with Gasteiger partial charge >= 0.3 is 36.6 Å². The normalized spacial score (nSPS) is 16.6. The van der Waals surface area contributed by atoms with Crippen molar-refractivity contribution < 1.29 is 140 Å². The molecule has 0 spiro atoms. The number of aliphatic hydroxyl groups excluding tert-OH is 2. The first kappa shape index (κ1) is 107. The summed E-state index contributed by atoms with van der Waals surface area (Å²) in [4.78, 5) is 182. The van der Waals surface area contributed by atoms with Gasteiger partial charge in [0.05, 0.1) is 47.0 Å². The number of methoxy groups -OCH3 is 1. The zero-order valence-corrected chi connectivity index (χ0v) is 78.0. The van der Waals surface area contributed by atoms with Crippen LogP contribution in [0.15, 0.2) is 238 Å². The van der Waals surface area contributed by atoms with Gasteiger partial charge in [-0.05, 0) is 121 Å². The fraction of sp³-hybridized carbons (Fsp3) is 0.311. The number of ether oxygens (including phenoxy) is 10. The van der Waals surface area contributed by atoms with Crippen LogP contribution in [0.5, 0.6) is 23.0 Å². The molecule has 9 amide bonds. The minimum atomic E-state index is -2.42. The molecule has 0 bridgehead atoms. The van der Waals surface area contributed by atoms with Gasteiger partial charge in [0.15, 0.2) is 17.9 Å². The summed E-state index contributed by atoms with van der Waals surface area (Å²) in [5.74, 6) is -6.71. The molecule has 752 valence electrons. The Kier molecular flexibility index (Phi) is 39.7. The van der Waals surface area contributed by atoms with Crippen molar-refractivity contribution >= 4 is 94.7 Å². The molecule has 1 fully saturated rings. The summed E-state index contributed by atoms with van der Waals surface area (Å²) in [6, 6.07) is 52.2. The van der Waals surface area contributed by atoms with Gasteiger partial charge in [-0.15, -0.1) is 0 Å². The number of phenolic OH excluding ortho intramolecular Hbond substituents is 2. The number of hydrogen-bond donors (Lipinski definition) is 14. The summed E-state index contributed by atoms with van der Waals surface area (Å²) in [5.41, 5.74) is 0.114. The van der Waals surface area contributed by atoms with Gasteiger partial charge in [-0.3, -0.25) is 43.7 Å². The zero-order valence-electron chi connectivity index (χ0n) is 78.0. The molecule has 0 aromatic heterocycles. The number of benzene rings is 9. The van der Waals surface area contributed by atoms with E-state index in [9.17, 15) is 98.0 Å². The lowest BCUT2D eigenvalue weighted by Gasteiger charge is -2.42. The maximum Gasteiger partial charge on any atom is 0.514 e. The monoisotopic (exact) mass is 1970 g/mol. The standard InChI is InChI=1S/C62H67N5O19.C41H43N5O11/c1-4-26-82-59(77)63-25-12-11-19-41(65-58(76)43(27-35-14-7-5-8-15-35)67-61(79)83-32-36-16-9-6-10-17-36)57(75)64-38-23-21-37(22-24-38)33-84-60(78)66-42-28-47(85-34(2)52(42)70)86-45-30-62(80,46(69)31-68)29-40-49(45)56(74)51-50(54(40)72)53(71)39-18-13-20-44(81-3)48(39)55(51)73;1-2-25-54-39(49)42-24-10-9-15-35(44-38(48)36(26-29-11-5-3-6-12-29)45-40(50)55-27-30-13-7-4-8-14-30)37(47)43-32-18-16-31(17-19-32)28-56-41(51)57-34-22-20-33(21-23-34)46(52)53/h4-10,13-18,20-24,34,41-43,45,47,52,68,70,72,74,80H,1,11-12,19,25-33H2,2-3H3,(H,63,77)(H,64,75)(H,65,76)(H,66,78)(H,67,79);2-8,11-14,16-23,35-36H,1,9-10,15,24-28H2,(H,42,49)(H,43,47)(H,44,48)(H,45,50)/t34?,41?,42?,43-,45?,47?,52?,62-;35?,36-/m00/s1. The largest absolute Gasteiger partial charge is 0.514 e. The van der Waals surface area contributed by atoms with Crippen LogP contribution in [0.1, 0.15) is 141 Å². The molecule has 10 atom stereocenters. The molecule has 9 aromatic rings. The molecule has 40 nitrogen and oxygen atoms in total. The van der Waals surface area contributed by atoms with Gasteiger partial charge in [-0.25, -0.2) is 28.8 Å². The van der Waals surface area contributed by atoms with Crippen molar-refractivity contribution in [3.63, 3.8) is 0 Å². The molecule has 0 saturated carbocycles. The van der Waals surface area contributed by atoms with Crippen LogP contribution in [0, 0.1) is 10.1 Å². The van der Waals surface area contributed by atoms with Crippen LogP contribution >= 0.6 is 0 Å². The fourth-order valence-electron chi connectivity index (χ4n) is 15.6. The Morgan fingerprint density at radius 2 is 0.972 bits per heavy atom. The average molecular weight is 1970 g/mol. The zero-order chi connectivity index (χ0) is 102. The third-order valence-electron chi connectivity index (χ3n) is 23.0. The summed E-state index contributed by atoms with van der Waals surface area (Å²) in [5, 5.41) is 91.5. The Labute approximate surface area is 820 Å². The number of nitrogens with zero attached hydrogens (tertiary/aromatic N) is 1. The van der Waals surface area contributed by atoms with E-state index in [0.717, 1.165) is 22.3 Å². The maximum atomic E-state index is 14.1. The summed E-state index contributed by atoms with van der Waals surface area (Å²) in [6.45, 7) is 7.37. The molecule has 3 aliphatic rings. The predicted molar refractivity (Wildman–Crippen MR) is 513 cm³/mol. The van der Waals surface area contributed by atoms with Gasteiger partial charge < -0.3 is 121 Å². The minimum Gasteiger partial charge on any atom is -0.507 e. The predicted octanol–water partition coefficient (Wildman–Crippen LogP) is 11.4. The number of aromatic hydroxyl groups is 2. The number of anilines is 2. The van der Waals surface area contributed by atoms with Crippen LogP contribution < -0.4 is 57.3 Å². The second-order valence-corrected chi connectivity index (χ2v) is 33.2. The van der Waals surface area contributed by atoms with Gasteiger partial charge in [0.2, 0.25) is 29.4 Å². The van der Waals surface area contributed by atoms with Crippen LogP contribution in [0.2, 0.25) is 0 Å². The molecule has 0 radical (unpaired) electrons. The second kappa shape index (κ2) is 53.1. The van der Waals surface area contributed by atoms with Crippen molar-refractivity contribution in [2.75, 3.05) is 50.7 Å². The Morgan fingerprint density at radius 1 is 0.517 bits per heavy atom. The number of nitrogens with one attached hydrogen (secondary N) is 9. The lowest BCUT2D eigenvalue weighted by Crippen LogP contribution is -2.56. The van der Waals surface area contributed by atoms with Gasteiger partial charge in [-0.1, -0.05) is 183 Å². The molecule has 40 heteroatoms. The number of nitro benzene ring substituents is 1. The van der Waals surface area contributed by atoms with E-state index in [-0.39, 0.29) is 124 Å². The lowest BCUT2D eigenvalue weighted by atomic mass is 9.72. The van der Waals surface area contributed by atoms with E-state index in [1.54, 1.807) is 115 Å². The number of non-ortho nitro benzene ring substituents is 1. The highest BCUT2D eigenvalue weighted by atomic mass is 16.7. The highest BCUT2D eigenvalue weighted by Gasteiger charge is 2.51. The molecule has 1 aliphatic heterocycles. The molecule has 7 unspecified atom stereocenters. The van der Waals surface area contributed by atoms with E-state index in [0.29, 0.717) is 48.2 Å². The number of Topliss-reactive ketones (excluding diaryl/α,β-unsaturated/α-hetero) is 1. The Morgan fingerprint density at radius 3 is 1.43 bits per heavy atom. The van der Waals surface area contributed by atoms with Crippen molar-refractivity contribution in [3.05, 3.63) is 315 Å². The first-order chi connectivity index (χ1) is 68.9. The van der Waals surface area contributed by atoms with Crippen molar-refractivity contribution in [1.29, 1.82) is 0 Å². The molecule has 12 rings (SSSR count). The fourth-order valence-corrected chi connectivity index (χ4v) is 15.6.